The van der Waals surface area contributed by atoms with Gasteiger partial charge in [-0.3, -0.25) is 14.6 Å². The first-order valence-electron chi connectivity index (χ1n) is 9.64. The Morgan fingerprint density at radius 3 is 2.07 bits per heavy atom. The smallest absolute Gasteiger partial charge is 0.326 e. The molecule has 0 heterocycles. The summed E-state index contributed by atoms with van der Waals surface area (Å²) in [6.45, 7) is 7.78. The molecular formula is C18H36N6O4. The number of nitrogens with one attached hydrogen (secondary N) is 2. The van der Waals surface area contributed by atoms with Gasteiger partial charge in [0.1, 0.15) is 12.1 Å². The van der Waals surface area contributed by atoms with Crippen LogP contribution in [-0.2, 0) is 14.4 Å². The summed E-state index contributed by atoms with van der Waals surface area (Å²) < 4.78 is 0. The molecule has 9 N–H and O–H groups in total. The molecule has 0 aliphatic heterocycles. The van der Waals surface area contributed by atoms with Crippen molar-refractivity contribution in [2.45, 2.75) is 71.5 Å². The van der Waals surface area contributed by atoms with Crippen molar-refractivity contribution in [3.05, 3.63) is 0 Å². The van der Waals surface area contributed by atoms with E-state index in [0.717, 1.165) is 0 Å². The second-order valence-electron chi connectivity index (χ2n) is 7.45. The highest BCUT2D eigenvalue weighted by molar-refractivity contribution is 5.91. The molecule has 0 bridgehead atoms. The van der Waals surface area contributed by atoms with Crippen molar-refractivity contribution in [1.82, 2.24) is 10.6 Å². The van der Waals surface area contributed by atoms with Gasteiger partial charge in [0.2, 0.25) is 11.8 Å². The number of nitrogens with zero attached hydrogens (tertiary/aromatic N) is 1. The fraction of sp³-hybridized carbons (Fsp3) is 0.778. The van der Waals surface area contributed by atoms with Crippen LogP contribution < -0.4 is 27.8 Å². The molecular weight excluding hydrogens is 364 g/mol. The number of guanidine groups is 1. The topological polar surface area (TPSA) is 186 Å². The molecule has 10 nitrogen and oxygen atoms in total. The lowest BCUT2D eigenvalue weighted by Crippen LogP contribution is -2.55. The van der Waals surface area contributed by atoms with Gasteiger partial charge in [0.25, 0.3) is 0 Å². The molecule has 10 heteroatoms. The van der Waals surface area contributed by atoms with E-state index in [1.807, 2.05) is 27.7 Å². The molecule has 0 saturated heterocycles. The highest BCUT2D eigenvalue weighted by atomic mass is 16.4. The van der Waals surface area contributed by atoms with Crippen LogP contribution in [0.25, 0.3) is 0 Å². The first-order valence-corrected chi connectivity index (χ1v) is 9.64. The summed E-state index contributed by atoms with van der Waals surface area (Å²) in [4.78, 5) is 40.3. The molecule has 4 unspecified atom stereocenters. The highest BCUT2D eigenvalue weighted by Gasteiger charge is 2.29. The number of aliphatic imine (C=N–C) groups is 1. The normalized spacial score (nSPS) is 15.2. The zero-order valence-corrected chi connectivity index (χ0v) is 17.3. The van der Waals surface area contributed by atoms with Gasteiger partial charge in [0.05, 0.1) is 6.04 Å². The molecule has 0 aliphatic rings. The molecule has 0 saturated carbocycles. The van der Waals surface area contributed by atoms with Crippen LogP contribution in [0, 0.1) is 11.8 Å². The Morgan fingerprint density at radius 2 is 1.61 bits per heavy atom. The molecule has 0 aromatic rings. The van der Waals surface area contributed by atoms with Gasteiger partial charge in [-0.05, 0) is 31.1 Å². The van der Waals surface area contributed by atoms with E-state index in [0.29, 0.717) is 12.8 Å². The first-order chi connectivity index (χ1) is 13.0. The molecule has 162 valence electrons. The summed E-state index contributed by atoms with van der Waals surface area (Å²) in [5.74, 6) is -2.18. The fourth-order valence-corrected chi connectivity index (χ4v) is 2.52. The number of hydrogen-bond donors (Lipinski definition) is 6. The summed E-state index contributed by atoms with van der Waals surface area (Å²) in [6, 6.07) is -2.72. The molecule has 0 radical (unpaired) electrons. The Morgan fingerprint density at radius 1 is 1.04 bits per heavy atom. The summed E-state index contributed by atoms with van der Waals surface area (Å²) in [6.07, 6.45) is 1.67. The zero-order chi connectivity index (χ0) is 21.9. The van der Waals surface area contributed by atoms with E-state index in [1.54, 1.807) is 0 Å². The van der Waals surface area contributed by atoms with Gasteiger partial charge in [-0.2, -0.15) is 0 Å². The van der Waals surface area contributed by atoms with E-state index < -0.39 is 35.9 Å². The SMILES string of the molecule is CCC(C)C(N)C(=O)NC(CCCN=C(N)N)C(=O)NC(CC(C)C)C(=O)O. The van der Waals surface area contributed by atoms with Crippen molar-refractivity contribution in [2.75, 3.05) is 6.54 Å². The quantitative estimate of drug-likeness (QED) is 0.137. The van der Waals surface area contributed by atoms with E-state index >= 15 is 0 Å². The second-order valence-corrected chi connectivity index (χ2v) is 7.45. The van der Waals surface area contributed by atoms with Crippen LogP contribution in [0.3, 0.4) is 0 Å². The predicted molar refractivity (Wildman–Crippen MR) is 108 cm³/mol. The van der Waals surface area contributed by atoms with E-state index in [-0.39, 0.29) is 37.2 Å². The molecule has 28 heavy (non-hydrogen) atoms. The predicted octanol–water partition coefficient (Wildman–Crippen LogP) is -0.486. The number of hydrogen-bond acceptors (Lipinski definition) is 5. The average molecular weight is 401 g/mol. The molecule has 0 aromatic carbocycles. The minimum absolute atomic E-state index is 0.0574. The van der Waals surface area contributed by atoms with Gasteiger partial charge in [-0.25, -0.2) is 4.79 Å². The maximum Gasteiger partial charge on any atom is 0.326 e. The number of amides is 2. The Bertz CT molecular complexity index is 548. The lowest BCUT2D eigenvalue weighted by molar-refractivity contribution is -0.142. The number of carbonyl (C=O) groups excluding carboxylic acids is 2. The number of nitrogens with two attached hydrogens (primary N) is 3. The molecule has 0 rings (SSSR count). The maximum atomic E-state index is 12.6. The third-order valence-corrected chi connectivity index (χ3v) is 4.46. The molecule has 2 amide bonds. The summed E-state index contributed by atoms with van der Waals surface area (Å²) in [7, 11) is 0. The van der Waals surface area contributed by atoms with Crippen LogP contribution in [0.4, 0.5) is 0 Å². The first kappa shape index (κ1) is 25.6. The Labute approximate surface area is 166 Å². The Hall–Kier alpha value is -2.36. The van der Waals surface area contributed by atoms with E-state index in [1.165, 1.54) is 0 Å². The van der Waals surface area contributed by atoms with Gasteiger partial charge in [-0.1, -0.05) is 34.1 Å². The van der Waals surface area contributed by atoms with Crippen LogP contribution in [0.15, 0.2) is 4.99 Å². The lowest BCUT2D eigenvalue weighted by Gasteiger charge is -2.25. The van der Waals surface area contributed by atoms with Crippen molar-refractivity contribution in [1.29, 1.82) is 0 Å². The summed E-state index contributed by atoms with van der Waals surface area (Å²) in [5.41, 5.74) is 16.5. The number of aliphatic carboxylic acids is 1. The monoisotopic (exact) mass is 400 g/mol. The van der Waals surface area contributed by atoms with Crippen molar-refractivity contribution < 1.29 is 19.5 Å². The Balaban J connectivity index is 5.17. The second kappa shape index (κ2) is 12.9. The van der Waals surface area contributed by atoms with Gasteiger partial charge < -0.3 is 32.9 Å². The summed E-state index contributed by atoms with van der Waals surface area (Å²) >= 11 is 0. The minimum atomic E-state index is -1.12. The standard InChI is InChI=1S/C18H36N6O4/c1-5-11(4)14(19)16(26)23-12(7-6-8-22-18(20)21)15(25)24-13(17(27)28)9-10(2)3/h10-14H,5-9,19H2,1-4H3,(H,23,26)(H,24,25)(H,27,28)(H4,20,21,22). The van der Waals surface area contributed by atoms with Crippen molar-refractivity contribution in [3.63, 3.8) is 0 Å². The average Bonchev–Trinajstić information content (AvgIpc) is 2.61. The van der Waals surface area contributed by atoms with E-state index in [9.17, 15) is 19.5 Å². The maximum absolute atomic E-state index is 12.6. The number of carbonyl (C=O) groups is 3. The van der Waals surface area contributed by atoms with Crippen LogP contribution in [0.5, 0.6) is 0 Å². The Kier molecular flexibility index (Phi) is 11.8. The molecule has 0 aromatic heterocycles. The number of rotatable bonds is 13. The van der Waals surface area contributed by atoms with E-state index in [4.69, 9.17) is 17.2 Å². The van der Waals surface area contributed by atoms with Crippen molar-refractivity contribution >= 4 is 23.7 Å². The van der Waals surface area contributed by atoms with Crippen molar-refractivity contribution in [3.8, 4) is 0 Å². The summed E-state index contributed by atoms with van der Waals surface area (Å²) in [5, 5.41) is 14.5. The lowest BCUT2D eigenvalue weighted by atomic mass is 9.98. The highest BCUT2D eigenvalue weighted by Crippen LogP contribution is 2.09. The van der Waals surface area contributed by atoms with E-state index in [2.05, 4.69) is 15.6 Å². The van der Waals surface area contributed by atoms with Gasteiger partial charge in [0.15, 0.2) is 5.96 Å². The van der Waals surface area contributed by atoms with Gasteiger partial charge in [0, 0.05) is 6.54 Å². The minimum Gasteiger partial charge on any atom is -0.480 e. The molecule has 0 spiro atoms. The van der Waals surface area contributed by atoms with Gasteiger partial charge in [-0.15, -0.1) is 0 Å². The number of carboxylic acid groups (broad SMARTS) is 1. The van der Waals surface area contributed by atoms with Crippen molar-refractivity contribution in [2.24, 2.45) is 34.0 Å². The van der Waals surface area contributed by atoms with Crippen LogP contribution in [0.2, 0.25) is 0 Å². The third-order valence-electron chi connectivity index (χ3n) is 4.46. The van der Waals surface area contributed by atoms with Crippen LogP contribution >= 0.6 is 0 Å². The largest absolute Gasteiger partial charge is 0.480 e. The molecule has 0 fully saturated rings. The fourth-order valence-electron chi connectivity index (χ4n) is 2.52. The number of carboxylic acids is 1. The van der Waals surface area contributed by atoms with Gasteiger partial charge >= 0.3 is 5.97 Å². The molecule has 0 aliphatic carbocycles. The molecule has 4 atom stereocenters. The van der Waals surface area contributed by atoms with Crippen LogP contribution in [-0.4, -0.2) is 53.5 Å². The third kappa shape index (κ3) is 10.1. The zero-order valence-electron chi connectivity index (χ0n) is 17.3. The van der Waals surface area contributed by atoms with Crippen LogP contribution in [0.1, 0.15) is 53.4 Å².